The third-order valence-electron chi connectivity index (χ3n) is 4.02. The zero-order chi connectivity index (χ0) is 19.4. The van der Waals surface area contributed by atoms with E-state index in [4.69, 9.17) is 4.74 Å². The molecule has 0 saturated heterocycles. The van der Waals surface area contributed by atoms with E-state index in [0.29, 0.717) is 20.6 Å². The molecular formula is C21H20N2O3S. The molecule has 2 aromatic carbocycles. The lowest BCUT2D eigenvalue weighted by atomic mass is 10.1. The van der Waals surface area contributed by atoms with Gasteiger partial charge in [0.15, 0.2) is 0 Å². The first-order valence-corrected chi connectivity index (χ1v) is 9.19. The van der Waals surface area contributed by atoms with E-state index in [0.717, 1.165) is 11.1 Å². The molecule has 6 heteroatoms. The zero-order valence-corrected chi connectivity index (χ0v) is 16.2. The van der Waals surface area contributed by atoms with Crippen molar-refractivity contribution >= 4 is 35.1 Å². The molecular weight excluding hydrogens is 360 g/mol. The lowest BCUT2D eigenvalue weighted by Crippen LogP contribution is -2.29. The molecule has 27 heavy (non-hydrogen) atoms. The van der Waals surface area contributed by atoms with Crippen molar-refractivity contribution in [2.75, 3.05) is 12.4 Å². The maximum absolute atomic E-state index is 12.5. The molecule has 0 radical (unpaired) electrons. The van der Waals surface area contributed by atoms with Gasteiger partial charge in [-0.25, -0.2) is 0 Å². The van der Waals surface area contributed by atoms with E-state index in [1.54, 1.807) is 26.3 Å². The monoisotopic (exact) mass is 380 g/mol. The first-order chi connectivity index (χ1) is 13.0. The molecule has 0 aliphatic carbocycles. The maximum atomic E-state index is 12.5. The normalized spacial score (nSPS) is 12.3. The van der Waals surface area contributed by atoms with Gasteiger partial charge in [0.2, 0.25) is 0 Å². The summed E-state index contributed by atoms with van der Waals surface area (Å²) in [6.07, 6.45) is 3.27. The van der Waals surface area contributed by atoms with Crippen LogP contribution in [0.3, 0.4) is 0 Å². The van der Waals surface area contributed by atoms with Crippen molar-refractivity contribution in [1.29, 1.82) is 0 Å². The van der Waals surface area contributed by atoms with Gasteiger partial charge in [-0.15, -0.1) is 11.3 Å². The fourth-order valence-electron chi connectivity index (χ4n) is 2.65. The number of hydrogen-bond acceptors (Lipinski definition) is 4. The average Bonchev–Trinajstić information content (AvgIpc) is 2.90. The van der Waals surface area contributed by atoms with Gasteiger partial charge in [-0.3, -0.25) is 9.59 Å². The number of aryl methyl sites for hydroxylation is 1. The van der Waals surface area contributed by atoms with Crippen molar-refractivity contribution in [2.24, 2.45) is 7.05 Å². The number of nitrogens with zero attached hydrogens (tertiary/aromatic N) is 1. The molecule has 3 rings (SSSR count). The number of para-hydroxylation sites is 2. The van der Waals surface area contributed by atoms with Gasteiger partial charge in [0.25, 0.3) is 11.5 Å². The van der Waals surface area contributed by atoms with Crippen LogP contribution in [0.25, 0.3) is 12.2 Å². The summed E-state index contributed by atoms with van der Waals surface area (Å²) in [6.45, 7) is 2.01. The number of thiazole rings is 1. The van der Waals surface area contributed by atoms with E-state index in [1.807, 2.05) is 49.4 Å². The van der Waals surface area contributed by atoms with Crippen LogP contribution in [0.4, 0.5) is 5.69 Å². The van der Waals surface area contributed by atoms with Gasteiger partial charge in [0.05, 0.1) is 17.3 Å². The van der Waals surface area contributed by atoms with Gasteiger partial charge in [-0.1, -0.05) is 42.0 Å². The van der Waals surface area contributed by atoms with Crippen LogP contribution in [0, 0.1) is 6.92 Å². The third-order valence-corrected chi connectivity index (χ3v) is 5.13. The van der Waals surface area contributed by atoms with E-state index in [9.17, 15) is 9.59 Å². The number of benzene rings is 2. The zero-order valence-electron chi connectivity index (χ0n) is 15.4. The molecule has 0 atom stereocenters. The summed E-state index contributed by atoms with van der Waals surface area (Å²) in [5.74, 6) is 0.256. The lowest BCUT2D eigenvalue weighted by Gasteiger charge is -2.07. The molecule has 1 N–H and O–H groups in total. The lowest BCUT2D eigenvalue weighted by molar-refractivity contribution is -0.110. The molecule has 1 heterocycles. The number of rotatable bonds is 4. The summed E-state index contributed by atoms with van der Waals surface area (Å²) >= 11 is 1.28. The molecule has 0 aliphatic rings. The number of hydrogen-bond donors (Lipinski definition) is 1. The highest BCUT2D eigenvalue weighted by atomic mass is 32.1. The number of amides is 1. The Kier molecular flexibility index (Phi) is 5.57. The standard InChI is InChI=1S/C21H20N2O3S/c1-14-7-6-8-15(11-14)12-18-21(25)23(2)20(27-18)13-19(24)22-16-9-4-5-10-17(16)26-3/h4-13H,1-3H3,(H,22,24)/b18-12-,20-13-. The molecule has 3 aromatic rings. The second kappa shape index (κ2) is 8.05. The van der Waals surface area contributed by atoms with Crippen molar-refractivity contribution < 1.29 is 9.53 Å². The predicted molar refractivity (Wildman–Crippen MR) is 110 cm³/mol. The minimum absolute atomic E-state index is 0.127. The topological polar surface area (TPSA) is 60.3 Å². The highest BCUT2D eigenvalue weighted by molar-refractivity contribution is 7.07. The van der Waals surface area contributed by atoms with E-state index in [1.165, 1.54) is 22.0 Å². The van der Waals surface area contributed by atoms with Crippen molar-refractivity contribution in [3.05, 3.63) is 79.2 Å². The molecule has 1 amide bonds. The van der Waals surface area contributed by atoms with Gasteiger partial charge in [-0.2, -0.15) is 0 Å². The van der Waals surface area contributed by atoms with Crippen LogP contribution in [0.2, 0.25) is 0 Å². The molecule has 5 nitrogen and oxygen atoms in total. The quantitative estimate of drug-likeness (QED) is 0.753. The van der Waals surface area contributed by atoms with Gasteiger partial charge in [-0.05, 0) is 30.7 Å². The minimum atomic E-state index is -0.321. The van der Waals surface area contributed by atoms with Crippen LogP contribution in [0.15, 0.2) is 53.3 Å². The molecule has 0 bridgehead atoms. The summed E-state index contributed by atoms with van der Waals surface area (Å²) in [4.78, 5) is 24.9. The Balaban J connectivity index is 1.95. The molecule has 0 saturated carbocycles. The average molecular weight is 380 g/mol. The molecule has 0 spiro atoms. The smallest absolute Gasteiger partial charge is 0.268 e. The predicted octanol–water partition coefficient (Wildman–Crippen LogP) is 2.01. The molecule has 0 fully saturated rings. The molecule has 138 valence electrons. The fraction of sp³-hybridized carbons (Fsp3) is 0.143. The maximum Gasteiger partial charge on any atom is 0.268 e. The van der Waals surface area contributed by atoms with Crippen LogP contribution >= 0.6 is 11.3 Å². The summed E-state index contributed by atoms with van der Waals surface area (Å²) < 4.78 is 7.87. The van der Waals surface area contributed by atoms with Crippen molar-refractivity contribution in [2.45, 2.75) is 6.92 Å². The van der Waals surface area contributed by atoms with E-state index < -0.39 is 0 Å². The SMILES string of the molecule is COc1ccccc1NC(=O)/C=c1\s/c(=C\c2cccc(C)c2)c(=O)n1C. The first kappa shape index (κ1) is 18.7. The number of carbonyl (C=O) groups is 1. The van der Waals surface area contributed by atoms with Crippen molar-refractivity contribution in [1.82, 2.24) is 4.57 Å². The highest BCUT2D eigenvalue weighted by Crippen LogP contribution is 2.22. The number of carbonyl (C=O) groups excluding carboxylic acids is 1. The van der Waals surface area contributed by atoms with Gasteiger partial charge in [0, 0.05) is 13.1 Å². The Morgan fingerprint density at radius 3 is 2.70 bits per heavy atom. The highest BCUT2D eigenvalue weighted by Gasteiger charge is 2.06. The fourth-order valence-corrected chi connectivity index (χ4v) is 3.68. The summed E-state index contributed by atoms with van der Waals surface area (Å²) in [6, 6.07) is 15.1. The second-order valence-electron chi connectivity index (χ2n) is 6.06. The molecule has 0 aliphatic heterocycles. The van der Waals surface area contributed by atoms with Crippen LogP contribution in [0.5, 0.6) is 5.75 Å². The number of ether oxygens (including phenoxy) is 1. The number of anilines is 1. The van der Waals surface area contributed by atoms with Crippen LogP contribution in [-0.4, -0.2) is 17.6 Å². The first-order valence-electron chi connectivity index (χ1n) is 8.38. The van der Waals surface area contributed by atoms with Crippen molar-refractivity contribution in [3.63, 3.8) is 0 Å². The summed E-state index contributed by atoms with van der Waals surface area (Å²) in [5.41, 5.74) is 2.53. The Morgan fingerprint density at radius 2 is 1.96 bits per heavy atom. The largest absolute Gasteiger partial charge is 0.495 e. The minimum Gasteiger partial charge on any atom is -0.495 e. The number of nitrogens with one attached hydrogen (secondary N) is 1. The van der Waals surface area contributed by atoms with Gasteiger partial charge >= 0.3 is 0 Å². The Bertz CT molecular complexity index is 1160. The van der Waals surface area contributed by atoms with Crippen molar-refractivity contribution in [3.8, 4) is 5.75 Å². The number of methoxy groups -OCH3 is 1. The molecule has 1 aromatic heterocycles. The van der Waals surface area contributed by atoms with Crippen LogP contribution < -0.4 is 24.8 Å². The summed E-state index contributed by atoms with van der Waals surface area (Å²) in [5, 5.41) is 2.78. The third kappa shape index (κ3) is 4.35. The number of aromatic nitrogens is 1. The second-order valence-corrected chi connectivity index (χ2v) is 7.12. The Labute approximate surface area is 160 Å². The van der Waals surface area contributed by atoms with E-state index in [-0.39, 0.29) is 11.5 Å². The summed E-state index contributed by atoms with van der Waals surface area (Å²) in [7, 11) is 3.21. The van der Waals surface area contributed by atoms with Gasteiger partial charge in [0.1, 0.15) is 10.4 Å². The Morgan fingerprint density at radius 1 is 1.19 bits per heavy atom. The Hall–Kier alpha value is -3.12. The molecule has 0 unspecified atom stereocenters. The van der Waals surface area contributed by atoms with E-state index in [2.05, 4.69) is 5.32 Å². The van der Waals surface area contributed by atoms with Crippen LogP contribution in [-0.2, 0) is 11.8 Å². The van der Waals surface area contributed by atoms with E-state index >= 15 is 0 Å². The van der Waals surface area contributed by atoms with Crippen LogP contribution in [0.1, 0.15) is 11.1 Å². The van der Waals surface area contributed by atoms with Gasteiger partial charge < -0.3 is 14.6 Å².